The van der Waals surface area contributed by atoms with Crippen LogP contribution in [0.4, 0.5) is 0 Å². The zero-order valence-corrected chi connectivity index (χ0v) is 24.7. The Bertz CT molecular complexity index is 1840. The lowest BCUT2D eigenvalue weighted by molar-refractivity contribution is 1.36. The first-order valence-electron chi connectivity index (χ1n) is 14.8. The van der Waals surface area contributed by atoms with Gasteiger partial charge in [0, 0.05) is 0 Å². The molecule has 7 rings (SSSR count). The Morgan fingerprint density at radius 3 is 0.786 bits per heavy atom. The van der Waals surface area contributed by atoms with Gasteiger partial charge in [-0.1, -0.05) is 133 Å². The summed E-state index contributed by atoms with van der Waals surface area (Å²) in [6.45, 7) is 8.93. The predicted molar refractivity (Wildman–Crippen MR) is 182 cm³/mol. The van der Waals surface area contributed by atoms with Gasteiger partial charge in [0.2, 0.25) is 0 Å². The first-order chi connectivity index (χ1) is 20.5. The van der Waals surface area contributed by atoms with Gasteiger partial charge in [-0.2, -0.15) is 0 Å². The molecule has 0 heteroatoms. The number of hydrogen-bond acceptors (Lipinski definition) is 0. The topological polar surface area (TPSA) is 0 Å². The van der Waals surface area contributed by atoms with E-state index in [2.05, 4.69) is 161 Å². The van der Waals surface area contributed by atoms with Crippen molar-refractivity contribution in [3.63, 3.8) is 0 Å². The quantitative estimate of drug-likeness (QED) is 0.196. The van der Waals surface area contributed by atoms with Crippen molar-refractivity contribution >= 4 is 21.5 Å². The van der Waals surface area contributed by atoms with Gasteiger partial charge in [-0.3, -0.25) is 0 Å². The van der Waals surface area contributed by atoms with E-state index in [1.807, 2.05) is 0 Å². The SMILES string of the molecule is Cc1cc2c(-c3ccc(-c4ccccc4)cc3)c3cc(C)c(C)cc3c(-c3ccc(-c4ccccc4)cc3)c2cc1C. The van der Waals surface area contributed by atoms with E-state index in [9.17, 15) is 0 Å². The van der Waals surface area contributed by atoms with Crippen LogP contribution >= 0.6 is 0 Å². The third-order valence-corrected chi connectivity index (χ3v) is 8.91. The van der Waals surface area contributed by atoms with E-state index in [1.165, 1.54) is 88.3 Å². The van der Waals surface area contributed by atoms with Gasteiger partial charge in [0.25, 0.3) is 0 Å². The summed E-state index contributed by atoms with van der Waals surface area (Å²) in [5.41, 5.74) is 15.4. The van der Waals surface area contributed by atoms with Gasteiger partial charge >= 0.3 is 0 Å². The molecule has 0 saturated heterocycles. The maximum Gasteiger partial charge on any atom is -0.00262 e. The molecule has 0 aliphatic rings. The van der Waals surface area contributed by atoms with Gasteiger partial charge in [0.15, 0.2) is 0 Å². The van der Waals surface area contributed by atoms with Crippen molar-refractivity contribution in [1.82, 2.24) is 0 Å². The molecule has 0 spiro atoms. The van der Waals surface area contributed by atoms with Crippen molar-refractivity contribution in [2.45, 2.75) is 27.7 Å². The van der Waals surface area contributed by atoms with Gasteiger partial charge in [-0.25, -0.2) is 0 Å². The highest BCUT2D eigenvalue weighted by molar-refractivity contribution is 6.22. The maximum atomic E-state index is 2.40. The van der Waals surface area contributed by atoms with Gasteiger partial charge < -0.3 is 0 Å². The Morgan fingerprint density at radius 2 is 0.500 bits per heavy atom. The largest absolute Gasteiger partial charge is 0.0622 e. The van der Waals surface area contributed by atoms with E-state index >= 15 is 0 Å². The van der Waals surface area contributed by atoms with E-state index < -0.39 is 0 Å². The number of hydrogen-bond donors (Lipinski definition) is 0. The summed E-state index contributed by atoms with van der Waals surface area (Å²) in [6.07, 6.45) is 0. The van der Waals surface area contributed by atoms with Crippen LogP contribution in [-0.2, 0) is 0 Å². The van der Waals surface area contributed by atoms with Crippen LogP contribution in [0.25, 0.3) is 66.1 Å². The zero-order chi connectivity index (χ0) is 28.8. The van der Waals surface area contributed by atoms with Gasteiger partial charge in [-0.15, -0.1) is 0 Å². The molecule has 7 aromatic carbocycles. The van der Waals surface area contributed by atoms with Crippen molar-refractivity contribution < 1.29 is 0 Å². The molecular formula is C42H34. The molecule has 0 aliphatic carbocycles. The first-order valence-corrected chi connectivity index (χ1v) is 14.8. The fourth-order valence-corrected chi connectivity index (χ4v) is 6.29. The van der Waals surface area contributed by atoms with Crippen LogP contribution in [0.15, 0.2) is 133 Å². The second kappa shape index (κ2) is 10.5. The Balaban J connectivity index is 1.51. The third kappa shape index (κ3) is 4.50. The van der Waals surface area contributed by atoms with Crippen LogP contribution < -0.4 is 0 Å². The summed E-state index contributed by atoms with van der Waals surface area (Å²) in [5.74, 6) is 0. The maximum absolute atomic E-state index is 2.40. The van der Waals surface area contributed by atoms with Gasteiger partial charge in [-0.05, 0) is 116 Å². The number of rotatable bonds is 4. The van der Waals surface area contributed by atoms with E-state index in [-0.39, 0.29) is 0 Å². The van der Waals surface area contributed by atoms with E-state index in [0.717, 1.165) is 0 Å². The molecule has 0 aromatic heterocycles. The van der Waals surface area contributed by atoms with Crippen LogP contribution in [0.5, 0.6) is 0 Å². The Hall–Kier alpha value is -4.94. The fourth-order valence-electron chi connectivity index (χ4n) is 6.29. The van der Waals surface area contributed by atoms with Crippen LogP contribution in [-0.4, -0.2) is 0 Å². The number of benzene rings is 7. The Labute approximate surface area is 248 Å². The van der Waals surface area contributed by atoms with Gasteiger partial charge in [0.05, 0.1) is 0 Å². The Kier molecular flexibility index (Phi) is 6.48. The van der Waals surface area contributed by atoms with E-state index in [0.29, 0.717) is 0 Å². The minimum absolute atomic E-state index is 1.24. The highest BCUT2D eigenvalue weighted by Gasteiger charge is 2.19. The summed E-state index contributed by atoms with van der Waals surface area (Å²) < 4.78 is 0. The van der Waals surface area contributed by atoms with Crippen LogP contribution in [0.2, 0.25) is 0 Å². The second-order valence-electron chi connectivity index (χ2n) is 11.6. The average molecular weight is 539 g/mol. The fraction of sp³-hybridized carbons (Fsp3) is 0.0952. The smallest absolute Gasteiger partial charge is 0.00262 e. The summed E-state index contributed by atoms with van der Waals surface area (Å²) in [5, 5.41) is 5.24. The summed E-state index contributed by atoms with van der Waals surface area (Å²) in [6, 6.07) is 49.1. The number of aryl methyl sites for hydroxylation is 4. The molecule has 0 fully saturated rings. The lowest BCUT2D eigenvalue weighted by Gasteiger charge is -2.21. The highest BCUT2D eigenvalue weighted by atomic mass is 14.2. The molecular weight excluding hydrogens is 504 g/mol. The molecule has 0 unspecified atom stereocenters. The monoisotopic (exact) mass is 538 g/mol. The molecule has 0 radical (unpaired) electrons. The lowest BCUT2D eigenvalue weighted by Crippen LogP contribution is -1.95. The van der Waals surface area contributed by atoms with Crippen LogP contribution in [0.1, 0.15) is 22.3 Å². The predicted octanol–water partition coefficient (Wildman–Crippen LogP) is 11.9. The zero-order valence-electron chi connectivity index (χ0n) is 24.7. The van der Waals surface area contributed by atoms with Crippen LogP contribution in [0, 0.1) is 27.7 Å². The molecule has 0 N–H and O–H groups in total. The molecule has 0 nitrogen and oxygen atoms in total. The van der Waals surface area contributed by atoms with Crippen molar-refractivity contribution in [2.75, 3.05) is 0 Å². The molecule has 0 aliphatic heterocycles. The molecule has 202 valence electrons. The molecule has 7 aromatic rings. The molecule has 0 amide bonds. The summed E-state index contributed by atoms with van der Waals surface area (Å²) in [4.78, 5) is 0. The molecule has 0 heterocycles. The van der Waals surface area contributed by atoms with Crippen LogP contribution in [0.3, 0.4) is 0 Å². The van der Waals surface area contributed by atoms with Crippen molar-refractivity contribution in [1.29, 1.82) is 0 Å². The summed E-state index contributed by atoms with van der Waals surface area (Å²) in [7, 11) is 0. The Morgan fingerprint density at radius 1 is 0.262 bits per heavy atom. The van der Waals surface area contributed by atoms with E-state index in [4.69, 9.17) is 0 Å². The van der Waals surface area contributed by atoms with Crippen molar-refractivity contribution in [3.05, 3.63) is 156 Å². The molecule has 0 bridgehead atoms. The molecule has 0 saturated carbocycles. The third-order valence-electron chi connectivity index (χ3n) is 8.91. The second-order valence-corrected chi connectivity index (χ2v) is 11.6. The minimum atomic E-state index is 1.24. The van der Waals surface area contributed by atoms with E-state index in [1.54, 1.807) is 0 Å². The normalized spacial score (nSPS) is 11.3. The standard InChI is InChI=1S/C42H34/c1-27-23-37-38(24-28(27)2)42(36-21-17-34(18-22-36)32-13-9-6-10-14-32)40-26-30(4)29(3)25-39(40)41(37)35-19-15-33(16-20-35)31-11-7-5-8-12-31/h5-26H,1-4H3. The molecule has 42 heavy (non-hydrogen) atoms. The molecule has 0 atom stereocenters. The van der Waals surface area contributed by atoms with Crippen molar-refractivity contribution in [2.24, 2.45) is 0 Å². The average Bonchev–Trinajstić information content (AvgIpc) is 3.03. The lowest BCUT2D eigenvalue weighted by atomic mass is 9.83. The first kappa shape index (κ1) is 26.0. The van der Waals surface area contributed by atoms with Gasteiger partial charge in [0.1, 0.15) is 0 Å². The minimum Gasteiger partial charge on any atom is -0.0622 e. The number of fused-ring (bicyclic) bond motifs is 2. The highest BCUT2D eigenvalue weighted by Crippen LogP contribution is 2.45. The summed E-state index contributed by atoms with van der Waals surface area (Å²) >= 11 is 0. The van der Waals surface area contributed by atoms with Crippen molar-refractivity contribution in [3.8, 4) is 44.5 Å².